The lowest BCUT2D eigenvalue weighted by Gasteiger charge is -2.21. The predicted molar refractivity (Wildman–Crippen MR) is 74.5 cm³/mol. The van der Waals surface area contributed by atoms with Gasteiger partial charge in [0.1, 0.15) is 5.82 Å². The van der Waals surface area contributed by atoms with Crippen LogP contribution in [0.15, 0.2) is 18.2 Å². The highest BCUT2D eigenvalue weighted by Gasteiger charge is 2.15. The molecule has 2 amide bonds. The molecule has 5 nitrogen and oxygen atoms in total. The Bertz CT molecular complexity index is 505. The maximum atomic E-state index is 13.6. The van der Waals surface area contributed by atoms with E-state index in [1.165, 1.54) is 4.90 Å². The van der Waals surface area contributed by atoms with Crippen molar-refractivity contribution in [3.05, 3.63) is 29.6 Å². The zero-order valence-electron chi connectivity index (χ0n) is 11.8. The number of carboxylic acids is 1. The number of aromatic carboxylic acids is 1. The van der Waals surface area contributed by atoms with Gasteiger partial charge in [0.2, 0.25) is 0 Å². The summed E-state index contributed by atoms with van der Waals surface area (Å²) in [6.07, 6.45) is 0.931. The van der Waals surface area contributed by atoms with Crippen LogP contribution in [-0.2, 0) is 0 Å². The molecule has 0 aromatic heterocycles. The first-order valence-corrected chi connectivity index (χ1v) is 6.40. The standard InChI is InChI=1S/C14H19FN2O3/c1-4-9(2)8-17(3)14(20)16-12-7-10(13(18)19)5-6-11(12)15/h5-7,9H,4,8H2,1-3H3,(H,16,20)(H,18,19). The van der Waals surface area contributed by atoms with Gasteiger partial charge < -0.3 is 15.3 Å². The summed E-state index contributed by atoms with van der Waals surface area (Å²) in [5.74, 6) is -1.50. The van der Waals surface area contributed by atoms with E-state index >= 15 is 0 Å². The molecule has 0 saturated heterocycles. The molecule has 1 aromatic carbocycles. The predicted octanol–water partition coefficient (Wildman–Crippen LogP) is 3.03. The first-order chi connectivity index (χ1) is 9.35. The first kappa shape index (κ1) is 15.9. The molecule has 1 atom stereocenters. The Labute approximate surface area is 117 Å². The number of carboxylic acid groups (broad SMARTS) is 1. The van der Waals surface area contributed by atoms with Crippen LogP contribution in [-0.4, -0.2) is 35.6 Å². The molecule has 1 aromatic rings. The Morgan fingerprint density at radius 1 is 1.45 bits per heavy atom. The second-order valence-corrected chi connectivity index (χ2v) is 4.82. The van der Waals surface area contributed by atoms with Crippen molar-refractivity contribution in [2.24, 2.45) is 5.92 Å². The molecule has 0 spiro atoms. The smallest absolute Gasteiger partial charge is 0.335 e. The topological polar surface area (TPSA) is 69.6 Å². The third kappa shape index (κ3) is 4.22. The summed E-state index contributed by atoms with van der Waals surface area (Å²) < 4.78 is 13.6. The largest absolute Gasteiger partial charge is 0.478 e. The maximum Gasteiger partial charge on any atom is 0.335 e. The van der Waals surface area contributed by atoms with Gasteiger partial charge in [-0.2, -0.15) is 0 Å². The van der Waals surface area contributed by atoms with Crippen molar-refractivity contribution >= 4 is 17.7 Å². The van der Waals surface area contributed by atoms with E-state index < -0.39 is 17.8 Å². The van der Waals surface area contributed by atoms with Crippen LogP contribution in [0.2, 0.25) is 0 Å². The van der Waals surface area contributed by atoms with Gasteiger partial charge in [-0.15, -0.1) is 0 Å². The van der Waals surface area contributed by atoms with Crippen molar-refractivity contribution in [1.29, 1.82) is 0 Å². The van der Waals surface area contributed by atoms with Gasteiger partial charge in [-0.1, -0.05) is 20.3 Å². The van der Waals surface area contributed by atoms with Gasteiger partial charge >= 0.3 is 12.0 Å². The van der Waals surface area contributed by atoms with Crippen molar-refractivity contribution in [2.45, 2.75) is 20.3 Å². The van der Waals surface area contributed by atoms with Gasteiger partial charge in [-0.3, -0.25) is 0 Å². The highest BCUT2D eigenvalue weighted by molar-refractivity contribution is 5.93. The highest BCUT2D eigenvalue weighted by atomic mass is 19.1. The summed E-state index contributed by atoms with van der Waals surface area (Å²) in [5.41, 5.74) is -0.211. The average Bonchev–Trinajstić information content (AvgIpc) is 2.40. The molecule has 0 bridgehead atoms. The molecular weight excluding hydrogens is 263 g/mol. The Balaban J connectivity index is 2.79. The number of halogens is 1. The summed E-state index contributed by atoms with van der Waals surface area (Å²) in [6.45, 7) is 4.57. The van der Waals surface area contributed by atoms with Crippen LogP contribution >= 0.6 is 0 Å². The Morgan fingerprint density at radius 2 is 2.10 bits per heavy atom. The maximum absolute atomic E-state index is 13.6. The third-order valence-electron chi connectivity index (χ3n) is 3.08. The summed E-state index contributed by atoms with van der Waals surface area (Å²) in [4.78, 5) is 24.2. The number of amides is 2. The Hall–Kier alpha value is -2.11. The molecule has 6 heteroatoms. The van der Waals surface area contributed by atoms with Crippen LogP contribution in [0.4, 0.5) is 14.9 Å². The van der Waals surface area contributed by atoms with E-state index in [0.717, 1.165) is 24.6 Å². The third-order valence-corrected chi connectivity index (χ3v) is 3.08. The summed E-state index contributed by atoms with van der Waals surface area (Å²) in [5, 5.41) is 11.2. The number of anilines is 1. The van der Waals surface area contributed by atoms with Crippen molar-refractivity contribution in [2.75, 3.05) is 18.9 Å². The second-order valence-electron chi connectivity index (χ2n) is 4.82. The number of urea groups is 1. The van der Waals surface area contributed by atoms with Crippen LogP contribution < -0.4 is 5.32 Å². The first-order valence-electron chi connectivity index (χ1n) is 6.40. The van der Waals surface area contributed by atoms with Crippen molar-refractivity contribution in [1.82, 2.24) is 4.90 Å². The van der Waals surface area contributed by atoms with Gasteiger partial charge in [0.25, 0.3) is 0 Å². The lowest BCUT2D eigenvalue weighted by atomic mass is 10.1. The molecule has 0 heterocycles. The van der Waals surface area contributed by atoms with Crippen LogP contribution in [0.5, 0.6) is 0 Å². The summed E-state index contributed by atoms with van der Waals surface area (Å²) >= 11 is 0. The Kier molecular flexibility index (Phi) is 5.49. The molecule has 0 fully saturated rings. The Morgan fingerprint density at radius 3 is 2.65 bits per heavy atom. The lowest BCUT2D eigenvalue weighted by Crippen LogP contribution is -2.34. The molecule has 1 unspecified atom stereocenters. The number of hydrogen-bond donors (Lipinski definition) is 2. The summed E-state index contributed by atoms with van der Waals surface area (Å²) in [6, 6.07) is 2.81. The van der Waals surface area contributed by atoms with E-state index in [-0.39, 0.29) is 11.3 Å². The van der Waals surface area contributed by atoms with Crippen molar-refractivity contribution in [3.8, 4) is 0 Å². The quantitative estimate of drug-likeness (QED) is 0.872. The van der Waals surface area contributed by atoms with Crippen LogP contribution in [0.3, 0.4) is 0 Å². The van der Waals surface area contributed by atoms with Gasteiger partial charge in [0.15, 0.2) is 0 Å². The molecule has 0 aliphatic rings. The molecule has 1 rings (SSSR count). The molecule has 110 valence electrons. The number of nitrogens with zero attached hydrogens (tertiary/aromatic N) is 1. The van der Waals surface area contributed by atoms with Crippen molar-refractivity contribution < 1.29 is 19.1 Å². The van der Waals surface area contributed by atoms with Crippen LogP contribution in [0.1, 0.15) is 30.6 Å². The molecule has 0 saturated carbocycles. The lowest BCUT2D eigenvalue weighted by molar-refractivity contribution is 0.0697. The van der Waals surface area contributed by atoms with E-state index in [1.54, 1.807) is 7.05 Å². The number of carbonyl (C=O) groups is 2. The number of nitrogens with one attached hydrogen (secondary N) is 1. The van der Waals surface area contributed by atoms with Crippen LogP contribution in [0.25, 0.3) is 0 Å². The SMILES string of the molecule is CCC(C)CN(C)C(=O)Nc1cc(C(=O)O)ccc1F. The fourth-order valence-electron chi connectivity index (χ4n) is 1.64. The minimum absolute atomic E-state index is 0.0775. The summed E-state index contributed by atoms with van der Waals surface area (Å²) in [7, 11) is 1.61. The average molecular weight is 282 g/mol. The molecule has 0 aliphatic heterocycles. The van der Waals surface area contributed by atoms with Gasteiger partial charge in [-0.25, -0.2) is 14.0 Å². The van der Waals surface area contributed by atoms with Gasteiger partial charge in [0.05, 0.1) is 11.3 Å². The van der Waals surface area contributed by atoms with Gasteiger partial charge in [-0.05, 0) is 24.1 Å². The number of carbonyl (C=O) groups excluding carboxylic acids is 1. The van der Waals surface area contributed by atoms with E-state index in [1.807, 2.05) is 13.8 Å². The molecule has 2 N–H and O–H groups in total. The van der Waals surface area contributed by atoms with E-state index in [0.29, 0.717) is 12.5 Å². The zero-order chi connectivity index (χ0) is 15.3. The minimum Gasteiger partial charge on any atom is -0.478 e. The second kappa shape index (κ2) is 6.88. The minimum atomic E-state index is -1.17. The van der Waals surface area contributed by atoms with Gasteiger partial charge in [0, 0.05) is 13.6 Å². The van der Waals surface area contributed by atoms with E-state index in [4.69, 9.17) is 5.11 Å². The fraction of sp³-hybridized carbons (Fsp3) is 0.429. The molecule has 20 heavy (non-hydrogen) atoms. The van der Waals surface area contributed by atoms with E-state index in [9.17, 15) is 14.0 Å². The van der Waals surface area contributed by atoms with Crippen molar-refractivity contribution in [3.63, 3.8) is 0 Å². The monoisotopic (exact) mass is 282 g/mol. The fourth-order valence-corrected chi connectivity index (χ4v) is 1.64. The number of rotatable bonds is 5. The molecule has 0 aliphatic carbocycles. The molecule has 0 radical (unpaired) electrons. The number of hydrogen-bond acceptors (Lipinski definition) is 2. The normalized spacial score (nSPS) is 11.8. The zero-order valence-corrected chi connectivity index (χ0v) is 11.8. The number of benzene rings is 1. The molecular formula is C14H19FN2O3. The highest BCUT2D eigenvalue weighted by Crippen LogP contribution is 2.17. The van der Waals surface area contributed by atoms with E-state index in [2.05, 4.69) is 5.32 Å². The van der Waals surface area contributed by atoms with Crippen LogP contribution in [0, 0.1) is 11.7 Å².